The first-order chi connectivity index (χ1) is 7.23. The maximum atomic E-state index is 5.90. The van der Waals surface area contributed by atoms with E-state index in [1.165, 1.54) is 11.1 Å². The molecule has 0 aliphatic heterocycles. The van der Waals surface area contributed by atoms with E-state index in [1.54, 1.807) is 0 Å². The van der Waals surface area contributed by atoms with Gasteiger partial charge in [0.25, 0.3) is 0 Å². The molecule has 0 saturated heterocycles. The average molecular weight is 216 g/mol. The van der Waals surface area contributed by atoms with Gasteiger partial charge in [-0.1, -0.05) is 52.8 Å². The van der Waals surface area contributed by atoms with Gasteiger partial charge in [-0.15, -0.1) is 5.47 Å². The van der Waals surface area contributed by atoms with Crippen LogP contribution in [-0.4, -0.2) is 7.85 Å². The third kappa shape index (κ3) is 4.43. The molecule has 0 saturated carbocycles. The van der Waals surface area contributed by atoms with E-state index in [2.05, 4.69) is 53.7 Å². The molecule has 0 spiro atoms. The topological polar surface area (TPSA) is 0 Å². The summed E-state index contributed by atoms with van der Waals surface area (Å²) >= 11 is 0. The Bertz CT molecular complexity index is 309. The van der Waals surface area contributed by atoms with Crippen LogP contribution in [0, 0.1) is 11.3 Å². The Hall–Kier alpha value is -0.715. The Labute approximate surface area is 103 Å². The summed E-state index contributed by atoms with van der Waals surface area (Å²) in [5.41, 5.74) is 3.73. The van der Waals surface area contributed by atoms with Gasteiger partial charge in [0.2, 0.25) is 0 Å². The third-order valence-electron chi connectivity index (χ3n) is 2.69. The molecular formula is C15H25B. The third-order valence-corrected chi connectivity index (χ3v) is 2.69. The zero-order valence-electron chi connectivity index (χ0n) is 11.9. The van der Waals surface area contributed by atoms with Crippen molar-refractivity contribution in [2.75, 3.05) is 0 Å². The predicted molar refractivity (Wildman–Crippen MR) is 75.6 cm³/mol. The molecule has 0 nitrogen and oxygen atoms in total. The van der Waals surface area contributed by atoms with Crippen LogP contribution in [-0.2, 0) is 0 Å². The second-order valence-corrected chi connectivity index (χ2v) is 5.50. The highest BCUT2D eigenvalue weighted by molar-refractivity contribution is 6.23. The summed E-state index contributed by atoms with van der Waals surface area (Å²) in [5.74, 6) is 0.490. The Balaban J connectivity index is 5.47. The van der Waals surface area contributed by atoms with Crippen molar-refractivity contribution in [3.63, 3.8) is 0 Å². The number of allylic oxidation sites excluding steroid dienone is 6. The fourth-order valence-electron chi connectivity index (χ4n) is 1.85. The van der Waals surface area contributed by atoms with E-state index in [4.69, 9.17) is 7.85 Å². The first-order valence-electron chi connectivity index (χ1n) is 6.04. The van der Waals surface area contributed by atoms with Gasteiger partial charge in [0.1, 0.15) is 7.85 Å². The summed E-state index contributed by atoms with van der Waals surface area (Å²) in [6.45, 7) is 15.2. The van der Waals surface area contributed by atoms with Crippen LogP contribution in [0.25, 0.3) is 0 Å². The number of hydrogen-bond donors (Lipinski definition) is 0. The van der Waals surface area contributed by atoms with Crippen LogP contribution in [0.3, 0.4) is 0 Å². The molecule has 0 heterocycles. The molecule has 0 fully saturated rings. The van der Waals surface area contributed by atoms with Gasteiger partial charge in [-0.2, -0.15) is 0 Å². The molecule has 0 aromatic heterocycles. The maximum absolute atomic E-state index is 5.90. The van der Waals surface area contributed by atoms with E-state index >= 15 is 0 Å². The molecule has 16 heavy (non-hydrogen) atoms. The summed E-state index contributed by atoms with van der Waals surface area (Å²) in [4.78, 5) is 0. The molecule has 0 bridgehead atoms. The second-order valence-electron chi connectivity index (χ2n) is 5.50. The molecule has 0 atom stereocenters. The van der Waals surface area contributed by atoms with Crippen molar-refractivity contribution in [3.05, 3.63) is 34.8 Å². The quantitative estimate of drug-likeness (QED) is 0.476. The maximum Gasteiger partial charge on any atom is 0.113 e. The number of hydrogen-bond acceptors (Lipinski definition) is 0. The van der Waals surface area contributed by atoms with E-state index in [1.807, 2.05) is 13.0 Å². The van der Waals surface area contributed by atoms with Gasteiger partial charge in [-0.25, -0.2) is 0 Å². The minimum atomic E-state index is 0.166. The fourth-order valence-corrected chi connectivity index (χ4v) is 1.85. The van der Waals surface area contributed by atoms with E-state index in [9.17, 15) is 0 Å². The fraction of sp³-hybridized carbons (Fsp3) is 0.600. The normalized spacial score (nSPS) is 15.9. The van der Waals surface area contributed by atoms with Crippen molar-refractivity contribution in [1.82, 2.24) is 0 Å². The van der Waals surface area contributed by atoms with Crippen molar-refractivity contribution in [1.29, 1.82) is 0 Å². The van der Waals surface area contributed by atoms with Gasteiger partial charge in [0.05, 0.1) is 0 Å². The van der Waals surface area contributed by atoms with Gasteiger partial charge >= 0.3 is 0 Å². The lowest BCUT2D eigenvalue weighted by molar-refractivity contribution is 0.496. The van der Waals surface area contributed by atoms with Crippen molar-refractivity contribution >= 4 is 7.85 Å². The highest BCUT2D eigenvalue weighted by atomic mass is 14.3. The number of rotatable bonds is 3. The van der Waals surface area contributed by atoms with Crippen molar-refractivity contribution < 1.29 is 0 Å². The molecule has 0 unspecified atom stereocenters. The van der Waals surface area contributed by atoms with E-state index in [0.717, 1.165) is 5.47 Å². The molecule has 0 amide bonds. The zero-order chi connectivity index (χ0) is 12.9. The predicted octanol–water partition coefficient (Wildman–Crippen LogP) is 4.63. The largest absolute Gasteiger partial charge is 0.113 e. The standard InChI is InChI=1S/C15H25B/c1-8-12(16)10-13(11(3)4)14(9-2)15(5,6)7/h8-11H,1-7H3/b12-8+,13-10+,14-9+. The molecular weight excluding hydrogens is 191 g/mol. The molecule has 0 aliphatic carbocycles. The minimum absolute atomic E-state index is 0.166. The summed E-state index contributed by atoms with van der Waals surface area (Å²) < 4.78 is 0. The summed E-state index contributed by atoms with van der Waals surface area (Å²) in [7, 11) is 5.90. The molecule has 0 aliphatic rings. The van der Waals surface area contributed by atoms with E-state index < -0.39 is 0 Å². The van der Waals surface area contributed by atoms with Crippen LogP contribution in [0.2, 0.25) is 0 Å². The molecule has 1 heteroatoms. The van der Waals surface area contributed by atoms with E-state index in [0.29, 0.717) is 5.92 Å². The smallest absolute Gasteiger partial charge is 0.101 e. The molecule has 2 radical (unpaired) electrons. The molecule has 0 aromatic carbocycles. The van der Waals surface area contributed by atoms with Gasteiger partial charge in [0.15, 0.2) is 0 Å². The molecule has 0 aromatic rings. The lowest BCUT2D eigenvalue weighted by Gasteiger charge is -2.28. The summed E-state index contributed by atoms with van der Waals surface area (Å²) in [6, 6.07) is 0. The van der Waals surface area contributed by atoms with Crippen molar-refractivity contribution in [3.8, 4) is 0 Å². The Morgan fingerprint density at radius 2 is 1.56 bits per heavy atom. The van der Waals surface area contributed by atoms with Gasteiger partial charge in [0, 0.05) is 0 Å². The molecule has 0 N–H and O–H groups in total. The SMILES string of the molecule is [B]C(=C/C)/C=C(/C(=C\C)C(C)(C)C)C(C)C. The molecule has 88 valence electrons. The van der Waals surface area contributed by atoms with Crippen LogP contribution in [0.4, 0.5) is 0 Å². The van der Waals surface area contributed by atoms with Crippen LogP contribution in [0.5, 0.6) is 0 Å². The van der Waals surface area contributed by atoms with Gasteiger partial charge in [-0.3, -0.25) is 0 Å². The van der Waals surface area contributed by atoms with Gasteiger partial charge in [-0.05, 0) is 36.3 Å². The highest BCUT2D eigenvalue weighted by Crippen LogP contribution is 2.35. The minimum Gasteiger partial charge on any atom is -0.101 e. The first kappa shape index (κ1) is 15.3. The monoisotopic (exact) mass is 216 g/mol. The van der Waals surface area contributed by atoms with Gasteiger partial charge < -0.3 is 0 Å². The zero-order valence-corrected chi connectivity index (χ0v) is 11.9. The van der Waals surface area contributed by atoms with Crippen LogP contribution >= 0.6 is 0 Å². The highest BCUT2D eigenvalue weighted by Gasteiger charge is 2.21. The average Bonchev–Trinajstić information content (AvgIpc) is 2.14. The van der Waals surface area contributed by atoms with Crippen LogP contribution < -0.4 is 0 Å². The Morgan fingerprint density at radius 3 is 1.81 bits per heavy atom. The summed E-state index contributed by atoms with van der Waals surface area (Å²) in [6.07, 6.45) is 6.25. The van der Waals surface area contributed by atoms with E-state index in [-0.39, 0.29) is 5.41 Å². The second kappa shape index (κ2) is 6.13. The lowest BCUT2D eigenvalue weighted by Crippen LogP contribution is -2.14. The Kier molecular flexibility index (Phi) is 5.85. The first-order valence-corrected chi connectivity index (χ1v) is 6.04. The van der Waals surface area contributed by atoms with Crippen LogP contribution in [0.15, 0.2) is 34.8 Å². The van der Waals surface area contributed by atoms with Crippen molar-refractivity contribution in [2.24, 2.45) is 11.3 Å². The van der Waals surface area contributed by atoms with Crippen LogP contribution in [0.1, 0.15) is 48.5 Å². The Morgan fingerprint density at radius 1 is 1.06 bits per heavy atom. The lowest BCUT2D eigenvalue weighted by atomic mass is 9.76. The molecule has 0 rings (SSSR count). The summed E-state index contributed by atoms with van der Waals surface area (Å²) in [5, 5.41) is 0. The van der Waals surface area contributed by atoms with Crippen molar-refractivity contribution in [2.45, 2.75) is 48.5 Å².